The number of hydrogen-bond acceptors (Lipinski definition) is 4. The van der Waals surface area contributed by atoms with Crippen molar-refractivity contribution in [3.63, 3.8) is 0 Å². The van der Waals surface area contributed by atoms with Crippen LogP contribution in [0.5, 0.6) is 0 Å². The Labute approximate surface area is 75.7 Å². The van der Waals surface area contributed by atoms with Crippen LogP contribution in [0.2, 0.25) is 0 Å². The minimum Gasteiger partial charge on any atom is -0.457 e. The summed E-state index contributed by atoms with van der Waals surface area (Å²) in [5.41, 5.74) is 8.80. The fourth-order valence-electron chi connectivity index (χ4n) is 1.50. The number of anilines is 1. The zero-order valence-electron chi connectivity index (χ0n) is 7.55. The van der Waals surface area contributed by atoms with E-state index in [1.807, 2.05) is 13.8 Å². The summed E-state index contributed by atoms with van der Waals surface area (Å²) in [6.07, 6.45) is 0. The van der Waals surface area contributed by atoms with Crippen molar-refractivity contribution in [1.29, 1.82) is 0 Å². The molecule has 0 saturated heterocycles. The first-order chi connectivity index (χ1) is 6.11. The van der Waals surface area contributed by atoms with E-state index in [0.717, 1.165) is 16.8 Å². The molecule has 0 bridgehead atoms. The Morgan fingerprint density at radius 2 is 2.15 bits per heavy atom. The lowest BCUT2D eigenvalue weighted by Crippen LogP contribution is -2.05. The number of pyridine rings is 1. The monoisotopic (exact) mass is 178 g/mol. The Morgan fingerprint density at radius 1 is 1.46 bits per heavy atom. The summed E-state index contributed by atoms with van der Waals surface area (Å²) in [7, 11) is 0. The summed E-state index contributed by atoms with van der Waals surface area (Å²) in [5, 5.41) is 0. The molecule has 0 saturated carbocycles. The van der Waals surface area contributed by atoms with Crippen molar-refractivity contribution in [2.45, 2.75) is 20.5 Å². The van der Waals surface area contributed by atoms with Crippen LogP contribution in [0, 0.1) is 13.8 Å². The summed E-state index contributed by atoms with van der Waals surface area (Å²) in [6, 6.07) is 0. The van der Waals surface area contributed by atoms with Crippen LogP contribution < -0.4 is 5.73 Å². The highest BCUT2D eigenvalue weighted by atomic mass is 16.5. The van der Waals surface area contributed by atoms with Crippen LogP contribution in [-0.4, -0.2) is 11.0 Å². The van der Waals surface area contributed by atoms with Gasteiger partial charge >= 0.3 is 5.97 Å². The van der Waals surface area contributed by atoms with Gasteiger partial charge in [-0.2, -0.15) is 0 Å². The van der Waals surface area contributed by atoms with E-state index in [9.17, 15) is 4.79 Å². The van der Waals surface area contributed by atoms with Gasteiger partial charge in [-0.3, -0.25) is 0 Å². The van der Waals surface area contributed by atoms with E-state index in [1.165, 1.54) is 0 Å². The summed E-state index contributed by atoms with van der Waals surface area (Å²) in [6.45, 7) is 4.12. The van der Waals surface area contributed by atoms with Crippen LogP contribution in [0.25, 0.3) is 0 Å². The maximum Gasteiger partial charge on any atom is 0.342 e. The summed E-state index contributed by atoms with van der Waals surface area (Å²) in [5.74, 6) is -0.0799. The molecule has 2 N–H and O–H groups in total. The lowest BCUT2D eigenvalue weighted by molar-refractivity contribution is 0.0535. The Hall–Kier alpha value is -1.58. The van der Waals surface area contributed by atoms with E-state index in [2.05, 4.69) is 4.98 Å². The summed E-state index contributed by atoms with van der Waals surface area (Å²) < 4.78 is 4.88. The summed E-state index contributed by atoms with van der Waals surface area (Å²) >= 11 is 0. The molecule has 68 valence electrons. The highest BCUT2D eigenvalue weighted by molar-refractivity contribution is 5.98. The molecule has 0 atom stereocenters. The Balaban J connectivity index is 2.76. The maximum absolute atomic E-state index is 11.2. The zero-order chi connectivity index (χ0) is 9.59. The van der Waals surface area contributed by atoms with Gasteiger partial charge in [0.25, 0.3) is 0 Å². The number of aromatic nitrogens is 1. The maximum atomic E-state index is 11.2. The molecule has 0 unspecified atom stereocenters. The van der Waals surface area contributed by atoms with Crippen molar-refractivity contribution < 1.29 is 9.53 Å². The number of nitrogens with two attached hydrogens (primary N) is 1. The normalized spacial score (nSPS) is 14.2. The second kappa shape index (κ2) is 2.45. The van der Waals surface area contributed by atoms with Gasteiger partial charge in [-0.1, -0.05) is 0 Å². The molecule has 2 rings (SSSR count). The fourth-order valence-corrected chi connectivity index (χ4v) is 1.50. The zero-order valence-corrected chi connectivity index (χ0v) is 7.55. The van der Waals surface area contributed by atoms with Crippen LogP contribution in [0.15, 0.2) is 0 Å². The number of esters is 1. The third kappa shape index (κ3) is 0.983. The van der Waals surface area contributed by atoms with Gasteiger partial charge in [0.15, 0.2) is 0 Å². The third-order valence-corrected chi connectivity index (χ3v) is 2.39. The second-order valence-electron chi connectivity index (χ2n) is 3.14. The predicted molar refractivity (Wildman–Crippen MR) is 47.2 cm³/mol. The molecule has 1 aromatic heterocycles. The molecule has 0 amide bonds. The molecule has 0 spiro atoms. The molecular formula is C9H10N2O2. The van der Waals surface area contributed by atoms with Crippen LogP contribution in [0.1, 0.15) is 27.2 Å². The molecule has 2 heterocycles. The van der Waals surface area contributed by atoms with Gasteiger partial charge in [0.1, 0.15) is 18.0 Å². The molecule has 0 aliphatic carbocycles. The van der Waals surface area contributed by atoms with E-state index in [-0.39, 0.29) is 11.8 Å². The number of carbonyl (C=O) groups excluding carboxylic acids is 1. The number of cyclic esters (lactones) is 1. The van der Waals surface area contributed by atoms with Crippen LogP contribution in [0.3, 0.4) is 0 Å². The molecule has 1 aromatic rings. The minimum atomic E-state index is -0.358. The van der Waals surface area contributed by atoms with Crippen molar-refractivity contribution in [3.05, 3.63) is 22.4 Å². The minimum absolute atomic E-state index is 0.278. The average Bonchev–Trinajstić information content (AvgIpc) is 2.44. The first kappa shape index (κ1) is 8.04. The average molecular weight is 178 g/mol. The number of fused-ring (bicyclic) bond motifs is 1. The van der Waals surface area contributed by atoms with Crippen LogP contribution in [-0.2, 0) is 11.3 Å². The van der Waals surface area contributed by atoms with Crippen molar-refractivity contribution >= 4 is 11.8 Å². The molecule has 0 fully saturated rings. The number of nitrogen functional groups attached to an aromatic ring is 1. The van der Waals surface area contributed by atoms with Crippen molar-refractivity contribution in [2.75, 3.05) is 5.73 Å². The van der Waals surface area contributed by atoms with Crippen LogP contribution >= 0.6 is 0 Å². The van der Waals surface area contributed by atoms with Crippen molar-refractivity contribution in [2.24, 2.45) is 0 Å². The largest absolute Gasteiger partial charge is 0.457 e. The third-order valence-electron chi connectivity index (χ3n) is 2.39. The molecule has 13 heavy (non-hydrogen) atoms. The molecule has 1 aliphatic heterocycles. The predicted octanol–water partition coefficient (Wildman–Crippen LogP) is 0.951. The quantitative estimate of drug-likeness (QED) is 0.601. The van der Waals surface area contributed by atoms with Crippen molar-refractivity contribution in [3.8, 4) is 0 Å². The second-order valence-corrected chi connectivity index (χ2v) is 3.14. The van der Waals surface area contributed by atoms with Gasteiger partial charge in [-0.15, -0.1) is 0 Å². The number of hydrogen-bond donors (Lipinski definition) is 1. The highest BCUT2D eigenvalue weighted by Gasteiger charge is 2.27. The van der Waals surface area contributed by atoms with Gasteiger partial charge in [-0.25, -0.2) is 9.78 Å². The first-order valence-electron chi connectivity index (χ1n) is 4.04. The van der Waals surface area contributed by atoms with E-state index >= 15 is 0 Å². The Kier molecular flexibility index (Phi) is 1.52. The van der Waals surface area contributed by atoms with Gasteiger partial charge < -0.3 is 10.5 Å². The van der Waals surface area contributed by atoms with Gasteiger partial charge in [0.05, 0.1) is 0 Å². The number of ether oxygens (including phenoxy) is 1. The lowest BCUT2D eigenvalue weighted by Gasteiger charge is -2.05. The van der Waals surface area contributed by atoms with Crippen LogP contribution in [0.4, 0.5) is 5.82 Å². The molecule has 1 aliphatic rings. The highest BCUT2D eigenvalue weighted by Crippen LogP contribution is 2.28. The smallest absolute Gasteiger partial charge is 0.342 e. The number of nitrogens with zero attached hydrogens (tertiary/aromatic N) is 1. The summed E-state index contributed by atoms with van der Waals surface area (Å²) in [4.78, 5) is 15.3. The fraction of sp³-hybridized carbons (Fsp3) is 0.333. The van der Waals surface area contributed by atoms with E-state index in [1.54, 1.807) is 0 Å². The topological polar surface area (TPSA) is 65.2 Å². The Bertz CT molecular complexity index is 399. The van der Waals surface area contributed by atoms with E-state index < -0.39 is 0 Å². The number of carbonyl (C=O) groups is 1. The number of rotatable bonds is 0. The Morgan fingerprint density at radius 3 is 2.85 bits per heavy atom. The molecule has 4 nitrogen and oxygen atoms in total. The number of aryl methyl sites for hydroxylation is 1. The first-order valence-corrected chi connectivity index (χ1v) is 4.04. The molecule has 0 radical (unpaired) electrons. The molecular weight excluding hydrogens is 168 g/mol. The van der Waals surface area contributed by atoms with Gasteiger partial charge in [0.2, 0.25) is 0 Å². The van der Waals surface area contributed by atoms with Gasteiger partial charge in [0, 0.05) is 11.3 Å². The molecule has 4 heteroatoms. The SMILES string of the molecule is Cc1nc(N)c2c(c1C)COC2=O. The van der Waals surface area contributed by atoms with Crippen molar-refractivity contribution in [1.82, 2.24) is 4.98 Å². The van der Waals surface area contributed by atoms with E-state index in [4.69, 9.17) is 10.5 Å². The van der Waals surface area contributed by atoms with E-state index in [0.29, 0.717) is 12.2 Å². The van der Waals surface area contributed by atoms with Gasteiger partial charge in [-0.05, 0) is 19.4 Å². The lowest BCUT2D eigenvalue weighted by atomic mass is 10.0. The standard InChI is InChI=1S/C9H10N2O2/c1-4-5(2)11-8(10)7-6(4)3-13-9(7)12/h3H2,1-2H3,(H2,10,11). The molecule has 0 aromatic carbocycles.